The van der Waals surface area contributed by atoms with Crippen molar-refractivity contribution in [1.82, 2.24) is 20.7 Å². The molecule has 0 spiro atoms. The predicted molar refractivity (Wildman–Crippen MR) is 120 cm³/mol. The second-order valence-corrected chi connectivity index (χ2v) is 8.64. The molecule has 2 N–H and O–H groups in total. The monoisotopic (exact) mass is 417 g/mol. The van der Waals surface area contributed by atoms with Crippen LogP contribution in [-0.4, -0.2) is 42.7 Å². The minimum atomic E-state index is 0.482. The van der Waals surface area contributed by atoms with Gasteiger partial charge < -0.3 is 15.2 Å². The van der Waals surface area contributed by atoms with Crippen LogP contribution >= 0.6 is 11.3 Å². The summed E-state index contributed by atoms with van der Waals surface area (Å²) in [6, 6.07) is 4.91. The minimum Gasteiger partial charge on any atom is -0.361 e. The first kappa shape index (κ1) is 21.8. The van der Waals surface area contributed by atoms with Crippen molar-refractivity contribution >= 4 is 17.3 Å². The summed E-state index contributed by atoms with van der Waals surface area (Å²) >= 11 is 1.87. The Balaban J connectivity index is 1.68. The van der Waals surface area contributed by atoms with E-state index in [1.165, 1.54) is 24.3 Å². The number of hydrogen-bond acceptors (Lipinski definition) is 5. The molecule has 6 nitrogen and oxygen atoms in total. The number of rotatable bonds is 8. The second-order valence-electron chi connectivity index (χ2n) is 7.66. The summed E-state index contributed by atoms with van der Waals surface area (Å²) in [5.74, 6) is 2.40. The van der Waals surface area contributed by atoms with E-state index in [1.54, 1.807) is 0 Å². The summed E-state index contributed by atoms with van der Waals surface area (Å²) in [6.45, 7) is 9.84. The standard InChI is InChI=1S/C22H35N5OS/c1-5-18-17(19(6-2)28-26-18)15-25-22(23-7-3)24-14-16-10-8-12-27(4)21(16)20-11-9-13-29-20/h9,11,13,16,21H,5-8,10,12,14-15H2,1-4H3,(H2,23,24,25). The van der Waals surface area contributed by atoms with Crippen LogP contribution in [0.1, 0.15) is 61.5 Å². The minimum absolute atomic E-state index is 0.482. The molecule has 3 heterocycles. The van der Waals surface area contributed by atoms with Crippen LogP contribution in [0.5, 0.6) is 0 Å². The lowest BCUT2D eigenvalue weighted by molar-refractivity contribution is 0.125. The van der Waals surface area contributed by atoms with Gasteiger partial charge in [-0.15, -0.1) is 11.3 Å². The van der Waals surface area contributed by atoms with Crippen molar-refractivity contribution in [2.75, 3.05) is 26.7 Å². The number of nitrogens with one attached hydrogen (secondary N) is 2. The van der Waals surface area contributed by atoms with Crippen LogP contribution < -0.4 is 10.6 Å². The number of piperidine rings is 1. The van der Waals surface area contributed by atoms with Crippen LogP contribution in [0, 0.1) is 5.92 Å². The van der Waals surface area contributed by atoms with E-state index >= 15 is 0 Å². The molecule has 2 aromatic heterocycles. The number of aryl methyl sites for hydroxylation is 2. The van der Waals surface area contributed by atoms with Gasteiger partial charge in [-0.3, -0.25) is 4.90 Å². The van der Waals surface area contributed by atoms with Crippen molar-refractivity contribution in [3.63, 3.8) is 0 Å². The van der Waals surface area contributed by atoms with Crippen molar-refractivity contribution in [2.24, 2.45) is 10.9 Å². The van der Waals surface area contributed by atoms with Gasteiger partial charge in [0.1, 0.15) is 5.76 Å². The number of hydrogen-bond donors (Lipinski definition) is 2. The van der Waals surface area contributed by atoms with Gasteiger partial charge in [0.15, 0.2) is 5.96 Å². The van der Waals surface area contributed by atoms with E-state index in [2.05, 4.69) is 66.0 Å². The second kappa shape index (κ2) is 10.8. The van der Waals surface area contributed by atoms with Gasteiger partial charge in [0.2, 0.25) is 0 Å². The Bertz CT molecular complexity index is 749. The molecule has 1 fully saturated rings. The molecule has 3 rings (SSSR count). The first-order chi connectivity index (χ1) is 14.2. The highest BCUT2D eigenvalue weighted by Gasteiger charge is 2.31. The molecule has 2 atom stereocenters. The van der Waals surface area contributed by atoms with Gasteiger partial charge in [-0.25, -0.2) is 4.99 Å². The Morgan fingerprint density at radius 1 is 1.31 bits per heavy atom. The molecular formula is C22H35N5OS. The van der Waals surface area contributed by atoms with Crippen molar-refractivity contribution in [1.29, 1.82) is 0 Å². The average Bonchev–Trinajstić information content (AvgIpc) is 3.39. The summed E-state index contributed by atoms with van der Waals surface area (Å²) < 4.78 is 5.49. The molecule has 0 amide bonds. The van der Waals surface area contributed by atoms with Crippen LogP contribution in [0.15, 0.2) is 27.0 Å². The van der Waals surface area contributed by atoms with Crippen molar-refractivity contribution < 1.29 is 4.52 Å². The van der Waals surface area contributed by atoms with Gasteiger partial charge in [-0.2, -0.15) is 0 Å². The van der Waals surface area contributed by atoms with E-state index in [1.807, 2.05) is 11.3 Å². The molecule has 2 aromatic rings. The van der Waals surface area contributed by atoms with Crippen molar-refractivity contribution in [3.05, 3.63) is 39.4 Å². The summed E-state index contributed by atoms with van der Waals surface area (Å²) in [5, 5.41) is 13.4. The fraction of sp³-hybridized carbons (Fsp3) is 0.636. The third-order valence-corrected chi connectivity index (χ3v) is 6.66. The Morgan fingerprint density at radius 3 is 2.86 bits per heavy atom. The van der Waals surface area contributed by atoms with Crippen LogP contribution in [0.2, 0.25) is 0 Å². The molecule has 1 aliphatic rings. The van der Waals surface area contributed by atoms with Gasteiger partial charge in [0.25, 0.3) is 0 Å². The van der Waals surface area contributed by atoms with Gasteiger partial charge in [0.05, 0.1) is 12.2 Å². The topological polar surface area (TPSA) is 65.7 Å². The quantitative estimate of drug-likeness (QED) is 0.502. The van der Waals surface area contributed by atoms with Gasteiger partial charge >= 0.3 is 0 Å². The van der Waals surface area contributed by atoms with E-state index in [-0.39, 0.29) is 0 Å². The smallest absolute Gasteiger partial charge is 0.191 e. The molecule has 0 saturated carbocycles. The Hall–Kier alpha value is -1.86. The molecule has 2 unspecified atom stereocenters. The van der Waals surface area contributed by atoms with E-state index in [0.717, 1.165) is 48.9 Å². The van der Waals surface area contributed by atoms with Crippen molar-refractivity contribution in [2.45, 2.75) is 59.0 Å². The van der Waals surface area contributed by atoms with Gasteiger partial charge in [0, 0.05) is 36.0 Å². The summed E-state index contributed by atoms with van der Waals surface area (Å²) in [4.78, 5) is 8.82. The van der Waals surface area contributed by atoms with E-state index in [4.69, 9.17) is 9.52 Å². The molecule has 0 aliphatic carbocycles. The lowest BCUT2D eigenvalue weighted by Crippen LogP contribution is -2.44. The molecule has 1 saturated heterocycles. The zero-order chi connectivity index (χ0) is 20.6. The largest absolute Gasteiger partial charge is 0.361 e. The first-order valence-electron chi connectivity index (χ1n) is 10.9. The molecule has 0 bridgehead atoms. The van der Waals surface area contributed by atoms with Crippen molar-refractivity contribution in [3.8, 4) is 0 Å². The predicted octanol–water partition coefficient (Wildman–Crippen LogP) is 4.00. The normalized spacial score (nSPS) is 20.8. The maximum Gasteiger partial charge on any atom is 0.191 e. The van der Waals surface area contributed by atoms with Crippen LogP contribution in [-0.2, 0) is 19.4 Å². The Morgan fingerprint density at radius 2 is 2.17 bits per heavy atom. The third-order valence-electron chi connectivity index (χ3n) is 5.72. The highest BCUT2D eigenvalue weighted by molar-refractivity contribution is 7.10. The maximum atomic E-state index is 5.49. The molecule has 0 radical (unpaired) electrons. The Kier molecular flexibility index (Phi) is 8.12. The SMILES string of the molecule is CCNC(=NCc1c(CC)noc1CC)NCC1CCCN(C)C1c1cccs1. The highest BCUT2D eigenvalue weighted by atomic mass is 32.1. The lowest BCUT2D eigenvalue weighted by Gasteiger charge is -2.39. The molecule has 1 aliphatic heterocycles. The van der Waals surface area contributed by atoms with Crippen LogP contribution in [0.25, 0.3) is 0 Å². The van der Waals surface area contributed by atoms with Crippen LogP contribution in [0.4, 0.5) is 0 Å². The lowest BCUT2D eigenvalue weighted by atomic mass is 9.88. The Labute approximate surface area is 178 Å². The molecule has 0 aromatic carbocycles. The van der Waals surface area contributed by atoms with Crippen LogP contribution in [0.3, 0.4) is 0 Å². The van der Waals surface area contributed by atoms with E-state index in [9.17, 15) is 0 Å². The maximum absolute atomic E-state index is 5.49. The fourth-order valence-corrected chi connectivity index (χ4v) is 5.21. The highest BCUT2D eigenvalue weighted by Crippen LogP contribution is 2.36. The number of thiophene rings is 1. The third kappa shape index (κ3) is 5.39. The number of guanidine groups is 1. The summed E-state index contributed by atoms with van der Waals surface area (Å²) in [5.41, 5.74) is 2.16. The summed E-state index contributed by atoms with van der Waals surface area (Å²) in [7, 11) is 2.25. The van der Waals surface area contributed by atoms with E-state index < -0.39 is 0 Å². The zero-order valence-electron chi connectivity index (χ0n) is 18.2. The van der Waals surface area contributed by atoms with Gasteiger partial charge in [-0.1, -0.05) is 25.1 Å². The number of likely N-dealkylation sites (tertiary alicyclic amines) is 1. The number of nitrogens with zero attached hydrogens (tertiary/aromatic N) is 3. The molecule has 7 heteroatoms. The molecule has 29 heavy (non-hydrogen) atoms. The molecular weight excluding hydrogens is 382 g/mol. The van der Waals surface area contributed by atoms with E-state index in [0.29, 0.717) is 18.5 Å². The zero-order valence-corrected chi connectivity index (χ0v) is 19.0. The fourth-order valence-electron chi connectivity index (χ4n) is 4.23. The number of aromatic nitrogens is 1. The number of aliphatic imine (C=N–C) groups is 1. The summed E-state index contributed by atoms with van der Waals surface area (Å²) in [6.07, 6.45) is 4.21. The first-order valence-corrected chi connectivity index (χ1v) is 11.8. The van der Waals surface area contributed by atoms with Gasteiger partial charge in [-0.05, 0) is 57.1 Å². The average molecular weight is 418 g/mol. The molecule has 160 valence electrons.